The van der Waals surface area contributed by atoms with Gasteiger partial charge in [0.2, 0.25) is 29.7 Å². The van der Waals surface area contributed by atoms with Crippen molar-refractivity contribution in [3.8, 4) is 0 Å². The van der Waals surface area contributed by atoms with Crippen LogP contribution in [0.25, 0.3) is 0 Å². The molecule has 0 aromatic carbocycles. The van der Waals surface area contributed by atoms with Crippen LogP contribution in [0.4, 0.5) is 17.8 Å². The molecule has 5 heterocycles. The van der Waals surface area contributed by atoms with Crippen LogP contribution in [0.2, 0.25) is 0 Å². The number of piperidine rings is 2. The molecule has 4 saturated heterocycles. The molecule has 346 valence electrons. The summed E-state index contributed by atoms with van der Waals surface area (Å²) in [5, 5.41) is 26.4. The normalized spacial score (nSPS) is 28.2. The molecular formula is C47H86N12O2. The first-order valence-corrected chi connectivity index (χ1v) is 23.6. The maximum absolute atomic E-state index is 14.1. The van der Waals surface area contributed by atoms with Gasteiger partial charge < -0.3 is 36.4 Å². The summed E-state index contributed by atoms with van der Waals surface area (Å²) < 4.78 is 0. The van der Waals surface area contributed by atoms with Crippen molar-refractivity contribution in [1.29, 1.82) is 0 Å². The Balaban J connectivity index is 1.40. The Bertz CT molecular complexity index is 1600. The van der Waals surface area contributed by atoms with Crippen molar-refractivity contribution < 1.29 is 9.59 Å². The molecule has 2 amide bonds. The Morgan fingerprint density at radius 2 is 0.852 bits per heavy atom. The Morgan fingerprint density at radius 1 is 0.508 bits per heavy atom. The minimum absolute atomic E-state index is 0.105. The topological polar surface area (TPSA) is 164 Å². The van der Waals surface area contributed by atoms with Crippen LogP contribution in [0.3, 0.4) is 0 Å². The lowest BCUT2D eigenvalue weighted by Gasteiger charge is -2.51. The average molecular weight is 851 g/mol. The molecule has 1 saturated carbocycles. The van der Waals surface area contributed by atoms with Gasteiger partial charge in [-0.1, -0.05) is 19.3 Å². The lowest BCUT2D eigenvalue weighted by atomic mass is 9.72. The predicted molar refractivity (Wildman–Crippen MR) is 249 cm³/mol. The highest BCUT2D eigenvalue weighted by Gasteiger charge is 2.49. The van der Waals surface area contributed by atoms with Gasteiger partial charge in [0.15, 0.2) is 0 Å². The van der Waals surface area contributed by atoms with Gasteiger partial charge in [0, 0.05) is 77.5 Å². The number of rotatable bonds is 12. The fourth-order valence-corrected chi connectivity index (χ4v) is 12.9. The lowest BCUT2D eigenvalue weighted by molar-refractivity contribution is -0.144. The highest BCUT2D eigenvalue weighted by Crippen LogP contribution is 2.39. The number of anilines is 3. The van der Waals surface area contributed by atoms with Crippen LogP contribution in [-0.2, 0) is 9.59 Å². The Hall–Kier alpha value is -2.81. The summed E-state index contributed by atoms with van der Waals surface area (Å²) in [6.45, 7) is 37.2. The van der Waals surface area contributed by atoms with Crippen LogP contribution >= 0.6 is 0 Å². The molecule has 1 aromatic rings. The van der Waals surface area contributed by atoms with E-state index in [1.165, 1.54) is 19.3 Å². The smallest absolute Gasteiger partial charge is 0.242 e. The van der Waals surface area contributed by atoms with Gasteiger partial charge >= 0.3 is 0 Å². The van der Waals surface area contributed by atoms with E-state index >= 15 is 0 Å². The molecule has 0 radical (unpaired) electrons. The van der Waals surface area contributed by atoms with Gasteiger partial charge in [-0.15, -0.1) is 0 Å². The number of piperazine rings is 2. The fourth-order valence-electron chi connectivity index (χ4n) is 12.9. The van der Waals surface area contributed by atoms with Gasteiger partial charge in [0.25, 0.3) is 0 Å². The van der Waals surface area contributed by atoms with E-state index in [4.69, 9.17) is 15.0 Å². The number of hydrogen-bond donors (Lipinski definition) is 7. The number of amides is 2. The van der Waals surface area contributed by atoms with Crippen molar-refractivity contribution in [2.45, 2.75) is 231 Å². The molecule has 0 bridgehead atoms. The number of nitrogens with one attached hydrogen (secondary N) is 7. The van der Waals surface area contributed by atoms with Crippen LogP contribution in [0, 0.1) is 11.8 Å². The van der Waals surface area contributed by atoms with Crippen LogP contribution in [0.1, 0.15) is 169 Å². The zero-order valence-electron chi connectivity index (χ0n) is 41.1. The molecule has 1 aromatic heterocycles. The highest BCUT2D eigenvalue weighted by atomic mass is 16.2. The summed E-state index contributed by atoms with van der Waals surface area (Å²) in [7, 11) is 0. The molecule has 5 fully saturated rings. The zero-order chi connectivity index (χ0) is 45.2. The molecule has 2 atom stereocenters. The second kappa shape index (κ2) is 16.6. The first kappa shape index (κ1) is 47.7. The van der Waals surface area contributed by atoms with E-state index in [-0.39, 0.29) is 75.0 Å². The maximum atomic E-state index is 14.1. The van der Waals surface area contributed by atoms with Crippen molar-refractivity contribution in [2.24, 2.45) is 11.8 Å². The average Bonchev–Trinajstić information content (AvgIpc) is 3.05. The van der Waals surface area contributed by atoms with Gasteiger partial charge in [-0.3, -0.25) is 20.2 Å². The summed E-state index contributed by atoms with van der Waals surface area (Å²) in [6.07, 6.45) is 9.49. The maximum Gasteiger partial charge on any atom is 0.242 e. The van der Waals surface area contributed by atoms with Gasteiger partial charge in [0.05, 0.1) is 11.1 Å². The van der Waals surface area contributed by atoms with Gasteiger partial charge in [0.1, 0.15) is 0 Å². The number of hydrogen-bond acceptors (Lipinski definition) is 12. The predicted octanol–water partition coefficient (Wildman–Crippen LogP) is 6.27. The number of nitrogens with zero attached hydrogens (tertiary/aromatic N) is 5. The summed E-state index contributed by atoms with van der Waals surface area (Å²) in [6, 6.07) is 0.0278. The molecule has 2 unspecified atom stereocenters. The fraction of sp³-hybridized carbons (Fsp3) is 0.894. The van der Waals surface area contributed by atoms with Crippen LogP contribution in [-0.4, -0.2) is 125 Å². The second-order valence-electron chi connectivity index (χ2n) is 25.0. The van der Waals surface area contributed by atoms with E-state index in [1.54, 1.807) is 0 Å². The summed E-state index contributed by atoms with van der Waals surface area (Å²) in [5.41, 5.74) is -2.30. The third-order valence-electron chi connectivity index (χ3n) is 13.7. The van der Waals surface area contributed by atoms with E-state index in [9.17, 15) is 9.59 Å². The highest BCUT2D eigenvalue weighted by molar-refractivity contribution is 5.87. The molecule has 0 spiro atoms. The van der Waals surface area contributed by atoms with Crippen LogP contribution in [0.5, 0.6) is 0 Å². The van der Waals surface area contributed by atoms with E-state index in [0.717, 1.165) is 38.5 Å². The molecule has 14 nitrogen and oxygen atoms in total. The monoisotopic (exact) mass is 851 g/mol. The van der Waals surface area contributed by atoms with Crippen molar-refractivity contribution in [3.05, 3.63) is 0 Å². The molecule has 4 aliphatic heterocycles. The molecule has 6 rings (SSSR count). The Kier molecular flexibility index (Phi) is 13.0. The SMILES string of the molecule is CC1(C)CC(C(CN2CC(C)(C)NC(C)(C)C2=O)Nc2nc(NC3CCCCC3)nc(NC(CN3CC(C)(C)NC(C)(C)C3=O)C3CC(C)(C)NC(C)(C)C3)n2)CC(C)(C)N1. The van der Waals surface area contributed by atoms with E-state index < -0.39 is 11.1 Å². The Labute approximate surface area is 369 Å². The summed E-state index contributed by atoms with van der Waals surface area (Å²) in [4.78, 5) is 47.9. The van der Waals surface area contributed by atoms with Crippen molar-refractivity contribution in [3.63, 3.8) is 0 Å². The first-order valence-electron chi connectivity index (χ1n) is 23.6. The van der Waals surface area contributed by atoms with Crippen LogP contribution < -0.4 is 37.2 Å². The second-order valence-corrected chi connectivity index (χ2v) is 25.0. The van der Waals surface area contributed by atoms with E-state index in [2.05, 4.69) is 130 Å². The number of carbonyl (C=O) groups is 2. The third-order valence-corrected chi connectivity index (χ3v) is 13.7. The van der Waals surface area contributed by atoms with Crippen LogP contribution in [0.15, 0.2) is 0 Å². The quantitative estimate of drug-likeness (QED) is 0.127. The standard InChI is InChI=1S/C47H86N12O2/c1-40(2)22-30(23-41(3,4)54-40)33(26-58-28-44(9,10)56-46(13,14)35(58)60)49-38-51-37(48-32-20-18-17-19-21-32)52-39(53-38)50-34(31-24-42(5,6)55-43(7,8)25-31)27-59-29-45(11,12)57-47(15,16)36(59)61/h30-34,54-57H,17-29H2,1-16H3,(H3,48,49,50,51,52,53). The molecule has 14 heteroatoms. The summed E-state index contributed by atoms with van der Waals surface area (Å²) >= 11 is 0. The minimum atomic E-state index is -0.691. The molecule has 7 N–H and O–H groups in total. The third kappa shape index (κ3) is 12.3. The molecule has 5 aliphatic rings. The van der Waals surface area contributed by atoms with E-state index in [0.29, 0.717) is 44.0 Å². The first-order chi connectivity index (χ1) is 27.8. The number of carbonyl (C=O) groups excluding carboxylic acids is 2. The largest absolute Gasteiger partial charge is 0.351 e. The van der Waals surface area contributed by atoms with Gasteiger partial charge in [-0.25, -0.2) is 0 Å². The zero-order valence-corrected chi connectivity index (χ0v) is 41.1. The van der Waals surface area contributed by atoms with Crippen molar-refractivity contribution in [2.75, 3.05) is 42.1 Å². The molecule has 1 aliphatic carbocycles. The van der Waals surface area contributed by atoms with Crippen molar-refractivity contribution >= 4 is 29.7 Å². The van der Waals surface area contributed by atoms with Gasteiger partial charge in [-0.2, -0.15) is 15.0 Å². The lowest BCUT2D eigenvalue weighted by Crippen LogP contribution is -2.71. The summed E-state index contributed by atoms with van der Waals surface area (Å²) in [5.74, 6) is 2.22. The number of aromatic nitrogens is 3. The van der Waals surface area contributed by atoms with Crippen molar-refractivity contribution in [1.82, 2.24) is 46.0 Å². The minimum Gasteiger partial charge on any atom is -0.351 e. The molecular weight excluding hydrogens is 765 g/mol. The van der Waals surface area contributed by atoms with E-state index in [1.807, 2.05) is 27.7 Å². The van der Waals surface area contributed by atoms with Gasteiger partial charge in [-0.05, 0) is 161 Å². The Morgan fingerprint density at radius 3 is 1.21 bits per heavy atom. The molecule has 61 heavy (non-hydrogen) atoms.